The molecule has 0 aliphatic carbocycles. The van der Waals surface area contributed by atoms with Gasteiger partial charge in [-0.1, -0.05) is 6.92 Å². The number of hydrogen-bond acceptors (Lipinski definition) is 5. The van der Waals surface area contributed by atoms with Crippen LogP contribution in [0.3, 0.4) is 0 Å². The summed E-state index contributed by atoms with van der Waals surface area (Å²) >= 11 is 1.46. The van der Waals surface area contributed by atoms with Gasteiger partial charge in [-0.3, -0.25) is 9.69 Å². The van der Waals surface area contributed by atoms with E-state index >= 15 is 0 Å². The van der Waals surface area contributed by atoms with Gasteiger partial charge in [-0.15, -0.1) is 11.3 Å². The molecule has 1 amide bonds. The molecule has 0 bridgehead atoms. The summed E-state index contributed by atoms with van der Waals surface area (Å²) in [5.74, 6) is -0.428. The molecule has 1 aromatic rings. The van der Waals surface area contributed by atoms with Crippen LogP contribution in [0.5, 0.6) is 0 Å². The van der Waals surface area contributed by atoms with Crippen molar-refractivity contribution in [2.75, 3.05) is 32.7 Å². The van der Waals surface area contributed by atoms with E-state index in [1.54, 1.807) is 5.38 Å². The van der Waals surface area contributed by atoms with Crippen LogP contribution in [-0.4, -0.2) is 60.7 Å². The summed E-state index contributed by atoms with van der Waals surface area (Å²) in [5.41, 5.74) is 0.607. The molecule has 0 aromatic carbocycles. The van der Waals surface area contributed by atoms with Crippen molar-refractivity contribution in [1.29, 1.82) is 0 Å². The molecule has 23 heavy (non-hydrogen) atoms. The van der Waals surface area contributed by atoms with E-state index in [1.165, 1.54) is 16.2 Å². The number of halogens is 3. The lowest BCUT2D eigenvalue weighted by molar-refractivity contribution is -0.184. The first-order valence-electron chi connectivity index (χ1n) is 7.61. The lowest BCUT2D eigenvalue weighted by atomic mass is 10.2. The highest BCUT2D eigenvalue weighted by molar-refractivity contribution is 7.09. The Bertz CT molecular complexity index is 514. The van der Waals surface area contributed by atoms with Gasteiger partial charge in [0.1, 0.15) is 6.04 Å². The summed E-state index contributed by atoms with van der Waals surface area (Å²) in [5, 5.41) is 8.12. The lowest BCUT2D eigenvalue weighted by Crippen LogP contribution is -2.57. The van der Waals surface area contributed by atoms with Crippen LogP contribution in [0.4, 0.5) is 13.2 Å². The number of carbonyl (C=O) groups is 1. The molecular formula is C14H21F3N4OS. The smallest absolute Gasteiger partial charge is 0.354 e. The maximum Gasteiger partial charge on any atom is 0.405 e. The number of carbonyl (C=O) groups excluding carboxylic acids is 1. The topological polar surface area (TPSA) is 57.3 Å². The van der Waals surface area contributed by atoms with Crippen LogP contribution in [0.2, 0.25) is 0 Å². The molecule has 1 aliphatic rings. The van der Waals surface area contributed by atoms with Gasteiger partial charge in [-0.2, -0.15) is 13.2 Å². The zero-order valence-electron chi connectivity index (χ0n) is 12.9. The minimum atomic E-state index is -4.36. The SMILES string of the molecule is CCc1nc(CC(=O)NCC(N2CCNCC2)C(F)(F)F)cs1. The molecule has 0 spiro atoms. The zero-order chi connectivity index (χ0) is 16.9. The fourth-order valence-electron chi connectivity index (χ4n) is 2.48. The highest BCUT2D eigenvalue weighted by atomic mass is 32.1. The highest BCUT2D eigenvalue weighted by Crippen LogP contribution is 2.24. The van der Waals surface area contributed by atoms with E-state index in [0.717, 1.165) is 11.4 Å². The first-order valence-corrected chi connectivity index (χ1v) is 8.49. The second-order valence-corrected chi connectivity index (χ2v) is 6.35. The van der Waals surface area contributed by atoms with Crippen LogP contribution in [0.15, 0.2) is 5.38 Å². The van der Waals surface area contributed by atoms with Gasteiger partial charge in [0.15, 0.2) is 0 Å². The van der Waals surface area contributed by atoms with E-state index in [2.05, 4.69) is 15.6 Å². The zero-order valence-corrected chi connectivity index (χ0v) is 13.8. The van der Waals surface area contributed by atoms with Gasteiger partial charge >= 0.3 is 6.18 Å². The summed E-state index contributed by atoms with van der Waals surface area (Å²) in [7, 11) is 0. The summed E-state index contributed by atoms with van der Waals surface area (Å²) in [4.78, 5) is 17.5. The van der Waals surface area contributed by atoms with Crippen molar-refractivity contribution in [3.63, 3.8) is 0 Å². The van der Waals surface area contributed by atoms with Gasteiger partial charge in [-0.05, 0) is 6.42 Å². The number of aromatic nitrogens is 1. The number of alkyl halides is 3. The Kier molecular flexibility index (Phi) is 6.37. The number of piperazine rings is 1. The van der Waals surface area contributed by atoms with E-state index < -0.39 is 24.7 Å². The minimum absolute atomic E-state index is 0.0165. The molecule has 1 aromatic heterocycles. The lowest BCUT2D eigenvalue weighted by Gasteiger charge is -2.35. The van der Waals surface area contributed by atoms with Crippen LogP contribution < -0.4 is 10.6 Å². The summed E-state index contributed by atoms with van der Waals surface area (Å²) in [6, 6.07) is -1.64. The second kappa shape index (κ2) is 8.07. The third-order valence-corrected chi connectivity index (χ3v) is 4.75. The van der Waals surface area contributed by atoms with E-state index in [-0.39, 0.29) is 6.42 Å². The van der Waals surface area contributed by atoms with Crippen molar-refractivity contribution in [3.8, 4) is 0 Å². The highest BCUT2D eigenvalue weighted by Gasteiger charge is 2.43. The summed E-state index contributed by atoms with van der Waals surface area (Å²) in [6.07, 6.45) is -3.56. The minimum Gasteiger partial charge on any atom is -0.354 e. The van der Waals surface area contributed by atoms with Crippen molar-refractivity contribution in [3.05, 3.63) is 16.1 Å². The van der Waals surface area contributed by atoms with Crippen LogP contribution in [-0.2, 0) is 17.6 Å². The molecular weight excluding hydrogens is 329 g/mol. The van der Waals surface area contributed by atoms with Crippen molar-refractivity contribution >= 4 is 17.2 Å². The number of nitrogens with one attached hydrogen (secondary N) is 2. The Morgan fingerprint density at radius 3 is 2.74 bits per heavy atom. The Hall–Kier alpha value is -1.19. The van der Waals surface area contributed by atoms with Crippen molar-refractivity contribution in [2.45, 2.75) is 32.0 Å². The molecule has 9 heteroatoms. The molecule has 2 N–H and O–H groups in total. The molecule has 1 fully saturated rings. The normalized spacial score (nSPS) is 17.9. The first-order chi connectivity index (χ1) is 10.9. The van der Waals surface area contributed by atoms with E-state index in [1.807, 2.05) is 6.92 Å². The van der Waals surface area contributed by atoms with Gasteiger partial charge < -0.3 is 10.6 Å². The molecule has 0 saturated carbocycles. The summed E-state index contributed by atoms with van der Waals surface area (Å²) in [6.45, 7) is 3.24. The van der Waals surface area contributed by atoms with E-state index in [0.29, 0.717) is 31.9 Å². The third-order valence-electron chi connectivity index (χ3n) is 3.71. The Morgan fingerprint density at radius 1 is 1.48 bits per heavy atom. The monoisotopic (exact) mass is 350 g/mol. The molecule has 1 atom stereocenters. The van der Waals surface area contributed by atoms with Gasteiger partial charge in [0.2, 0.25) is 5.91 Å². The average molecular weight is 350 g/mol. The standard InChI is InChI=1S/C14H21F3N4OS/c1-2-13-20-10(9-23-13)7-12(22)19-8-11(14(15,16)17)21-5-3-18-4-6-21/h9,11,18H,2-8H2,1H3,(H,19,22). The third kappa shape index (κ3) is 5.43. The largest absolute Gasteiger partial charge is 0.405 e. The van der Waals surface area contributed by atoms with E-state index in [9.17, 15) is 18.0 Å². The van der Waals surface area contributed by atoms with Gasteiger partial charge in [-0.25, -0.2) is 4.98 Å². The molecule has 130 valence electrons. The van der Waals surface area contributed by atoms with Crippen LogP contribution in [0, 0.1) is 0 Å². The van der Waals surface area contributed by atoms with E-state index in [4.69, 9.17) is 0 Å². The summed E-state index contributed by atoms with van der Waals surface area (Å²) < 4.78 is 39.6. The number of hydrogen-bond donors (Lipinski definition) is 2. The van der Waals surface area contributed by atoms with Crippen LogP contribution >= 0.6 is 11.3 Å². The molecule has 2 rings (SSSR count). The van der Waals surface area contributed by atoms with Crippen LogP contribution in [0.25, 0.3) is 0 Å². The predicted octanol–water partition coefficient (Wildman–Crippen LogP) is 1.20. The van der Waals surface area contributed by atoms with Crippen molar-refractivity contribution < 1.29 is 18.0 Å². The molecule has 5 nitrogen and oxygen atoms in total. The number of nitrogens with zero attached hydrogens (tertiary/aromatic N) is 2. The Balaban J connectivity index is 1.88. The Morgan fingerprint density at radius 2 is 2.17 bits per heavy atom. The van der Waals surface area contributed by atoms with Gasteiger partial charge in [0.25, 0.3) is 0 Å². The molecule has 1 saturated heterocycles. The maximum absolute atomic E-state index is 13.2. The molecule has 2 heterocycles. The quantitative estimate of drug-likeness (QED) is 0.810. The maximum atomic E-state index is 13.2. The molecule has 1 unspecified atom stereocenters. The number of aryl methyl sites for hydroxylation is 1. The number of amides is 1. The second-order valence-electron chi connectivity index (χ2n) is 5.41. The first kappa shape index (κ1) is 18.2. The van der Waals surface area contributed by atoms with Gasteiger partial charge in [0, 0.05) is 38.1 Å². The number of rotatable bonds is 6. The number of thiazole rings is 1. The predicted molar refractivity (Wildman–Crippen MR) is 82.5 cm³/mol. The molecule has 0 radical (unpaired) electrons. The fourth-order valence-corrected chi connectivity index (χ4v) is 3.22. The fraction of sp³-hybridized carbons (Fsp3) is 0.714. The van der Waals surface area contributed by atoms with Crippen molar-refractivity contribution in [1.82, 2.24) is 20.5 Å². The molecule has 1 aliphatic heterocycles. The van der Waals surface area contributed by atoms with Crippen molar-refractivity contribution in [2.24, 2.45) is 0 Å². The Labute approximate surface area is 137 Å². The average Bonchev–Trinajstić information content (AvgIpc) is 2.94. The van der Waals surface area contributed by atoms with Crippen LogP contribution in [0.1, 0.15) is 17.6 Å². The van der Waals surface area contributed by atoms with Gasteiger partial charge in [0.05, 0.1) is 17.1 Å².